The molecule has 0 fully saturated rings. The molecule has 5 rings (SSSR count). The second-order valence-electron chi connectivity index (χ2n) is 7.57. The number of hydrogen-bond acceptors (Lipinski definition) is 7. The van der Waals surface area contributed by atoms with Crippen LogP contribution in [0.5, 0.6) is 28.7 Å². The van der Waals surface area contributed by atoms with Crippen molar-refractivity contribution in [3.8, 4) is 28.7 Å². The zero-order chi connectivity index (χ0) is 22.2. The lowest BCUT2D eigenvalue weighted by molar-refractivity contribution is -0.116. The molecule has 3 heterocycles. The lowest BCUT2D eigenvalue weighted by Gasteiger charge is -2.28. The van der Waals surface area contributed by atoms with Gasteiger partial charge in [0.2, 0.25) is 25.2 Å². The molecule has 9 heteroatoms. The minimum atomic E-state index is -0.279. The second kappa shape index (κ2) is 7.99. The average molecular weight is 438 g/mol. The van der Waals surface area contributed by atoms with Crippen LogP contribution >= 0.6 is 0 Å². The van der Waals surface area contributed by atoms with Crippen LogP contribution in [0, 0.1) is 0 Å². The van der Waals surface area contributed by atoms with Crippen LogP contribution in [0.2, 0.25) is 0 Å². The third-order valence-corrected chi connectivity index (χ3v) is 5.71. The Hall–Kier alpha value is -3.88. The molecule has 1 N–H and O–H groups in total. The molecule has 3 aliphatic heterocycles. The second-order valence-corrected chi connectivity index (χ2v) is 7.57. The van der Waals surface area contributed by atoms with Gasteiger partial charge < -0.3 is 33.9 Å². The topological polar surface area (TPSA) is 95.6 Å². The molecule has 0 saturated heterocycles. The van der Waals surface area contributed by atoms with Crippen LogP contribution in [0.3, 0.4) is 0 Å². The summed E-state index contributed by atoms with van der Waals surface area (Å²) in [5, 5.41) is 2.88. The molecule has 0 aliphatic carbocycles. The standard InChI is InChI=1S/C23H22N2O7/c1-25-8-7-14-15(20-22(32-12-31-20)21(28-2)19(14)23(25)27)10-24-18(26)6-4-13-3-5-16-17(9-13)30-11-29-16/h3-6,9H,7-8,10-12H2,1-2H3,(H,24,26). The van der Waals surface area contributed by atoms with Crippen molar-refractivity contribution in [2.24, 2.45) is 0 Å². The van der Waals surface area contributed by atoms with E-state index in [1.54, 1.807) is 24.1 Å². The maximum absolute atomic E-state index is 12.9. The Kier molecular flexibility index (Phi) is 5.01. The maximum Gasteiger partial charge on any atom is 0.257 e. The number of ether oxygens (including phenoxy) is 5. The number of carbonyl (C=O) groups is 2. The van der Waals surface area contributed by atoms with E-state index >= 15 is 0 Å². The molecule has 9 nitrogen and oxygen atoms in total. The predicted octanol–water partition coefficient (Wildman–Crippen LogP) is 2.11. The van der Waals surface area contributed by atoms with Crippen molar-refractivity contribution in [2.75, 3.05) is 34.3 Å². The van der Waals surface area contributed by atoms with Gasteiger partial charge in [-0.05, 0) is 35.8 Å². The van der Waals surface area contributed by atoms with Gasteiger partial charge in [0.05, 0.1) is 12.7 Å². The van der Waals surface area contributed by atoms with Crippen LogP contribution in [0.25, 0.3) is 6.08 Å². The summed E-state index contributed by atoms with van der Waals surface area (Å²) in [5.74, 6) is 2.21. The highest BCUT2D eigenvalue weighted by atomic mass is 16.7. The zero-order valence-corrected chi connectivity index (χ0v) is 17.7. The highest BCUT2D eigenvalue weighted by Gasteiger charge is 2.36. The van der Waals surface area contributed by atoms with E-state index < -0.39 is 0 Å². The minimum Gasteiger partial charge on any atom is -0.492 e. The fourth-order valence-corrected chi connectivity index (χ4v) is 4.09. The number of fused-ring (bicyclic) bond motifs is 3. The summed E-state index contributed by atoms with van der Waals surface area (Å²) in [6.07, 6.45) is 3.77. The quantitative estimate of drug-likeness (QED) is 0.715. The van der Waals surface area contributed by atoms with Crippen molar-refractivity contribution in [3.05, 3.63) is 46.5 Å². The van der Waals surface area contributed by atoms with Crippen LogP contribution in [-0.2, 0) is 17.8 Å². The van der Waals surface area contributed by atoms with Crippen molar-refractivity contribution in [1.82, 2.24) is 10.2 Å². The summed E-state index contributed by atoms with van der Waals surface area (Å²) in [6, 6.07) is 5.46. The first-order valence-corrected chi connectivity index (χ1v) is 10.2. The smallest absolute Gasteiger partial charge is 0.257 e. The van der Waals surface area contributed by atoms with Gasteiger partial charge in [0, 0.05) is 31.8 Å². The number of nitrogens with one attached hydrogen (secondary N) is 1. The first-order valence-electron chi connectivity index (χ1n) is 10.2. The van der Waals surface area contributed by atoms with E-state index in [1.165, 1.54) is 13.2 Å². The fraction of sp³-hybridized carbons (Fsp3) is 0.304. The Bertz CT molecular complexity index is 1140. The highest BCUT2D eigenvalue weighted by molar-refractivity contribution is 6.01. The van der Waals surface area contributed by atoms with Crippen LogP contribution in [0.4, 0.5) is 0 Å². The SMILES string of the molecule is COc1c2c(c(CNC(=O)C=Cc3ccc4c(c3)OCO4)c3c1C(=O)N(C)CC3)OCO2. The Balaban J connectivity index is 1.38. The molecule has 2 amide bonds. The maximum atomic E-state index is 12.9. The van der Waals surface area contributed by atoms with Crippen molar-refractivity contribution in [2.45, 2.75) is 13.0 Å². The fourth-order valence-electron chi connectivity index (χ4n) is 4.09. The molecule has 0 spiro atoms. The molecule has 0 radical (unpaired) electrons. The number of methoxy groups -OCH3 is 1. The van der Waals surface area contributed by atoms with Crippen LogP contribution in [0.1, 0.15) is 27.0 Å². The molecule has 166 valence electrons. The first-order chi connectivity index (χ1) is 15.6. The monoisotopic (exact) mass is 438 g/mol. The van der Waals surface area contributed by atoms with E-state index in [2.05, 4.69) is 5.32 Å². The number of nitrogens with zero attached hydrogens (tertiary/aromatic N) is 1. The molecule has 0 saturated carbocycles. The van der Waals surface area contributed by atoms with E-state index in [0.717, 1.165) is 16.7 Å². The Morgan fingerprint density at radius 2 is 1.94 bits per heavy atom. The summed E-state index contributed by atoms with van der Waals surface area (Å²) in [6.45, 7) is 0.992. The molecule has 2 aromatic rings. The van der Waals surface area contributed by atoms with E-state index in [-0.39, 0.29) is 31.9 Å². The van der Waals surface area contributed by atoms with Crippen molar-refractivity contribution < 1.29 is 33.3 Å². The molecule has 0 bridgehead atoms. The normalized spacial score (nSPS) is 15.8. The van der Waals surface area contributed by atoms with Crippen molar-refractivity contribution in [3.63, 3.8) is 0 Å². The van der Waals surface area contributed by atoms with E-state index in [4.69, 9.17) is 23.7 Å². The molecular weight excluding hydrogens is 416 g/mol. The van der Waals surface area contributed by atoms with Gasteiger partial charge in [-0.1, -0.05) is 6.07 Å². The zero-order valence-electron chi connectivity index (χ0n) is 17.7. The number of likely N-dealkylation sites (N-methyl/N-ethyl adjacent to an activating group) is 1. The van der Waals surface area contributed by atoms with E-state index in [1.807, 2.05) is 12.1 Å². The summed E-state index contributed by atoms with van der Waals surface area (Å²) in [5.41, 5.74) is 2.83. The van der Waals surface area contributed by atoms with Gasteiger partial charge in [0.1, 0.15) is 0 Å². The van der Waals surface area contributed by atoms with Crippen LogP contribution in [-0.4, -0.2) is 51.0 Å². The number of carbonyl (C=O) groups excluding carboxylic acids is 2. The van der Waals surface area contributed by atoms with E-state index in [9.17, 15) is 9.59 Å². The molecular formula is C23H22N2O7. The van der Waals surface area contributed by atoms with Gasteiger partial charge in [-0.25, -0.2) is 0 Å². The molecule has 32 heavy (non-hydrogen) atoms. The Morgan fingerprint density at radius 3 is 2.78 bits per heavy atom. The highest BCUT2D eigenvalue weighted by Crippen LogP contribution is 2.49. The molecule has 0 atom stereocenters. The van der Waals surface area contributed by atoms with Crippen LogP contribution in [0.15, 0.2) is 24.3 Å². The van der Waals surface area contributed by atoms with Gasteiger partial charge in [-0.3, -0.25) is 9.59 Å². The third kappa shape index (κ3) is 3.35. The summed E-state index contributed by atoms with van der Waals surface area (Å²) < 4.78 is 27.4. The van der Waals surface area contributed by atoms with Gasteiger partial charge in [0.15, 0.2) is 23.0 Å². The predicted molar refractivity (Wildman–Crippen MR) is 113 cm³/mol. The number of hydrogen-bond donors (Lipinski definition) is 1. The van der Waals surface area contributed by atoms with Gasteiger partial charge >= 0.3 is 0 Å². The molecule has 2 aromatic carbocycles. The minimum absolute atomic E-state index is 0.0313. The lowest BCUT2D eigenvalue weighted by Crippen LogP contribution is -2.35. The van der Waals surface area contributed by atoms with Gasteiger partial charge in [-0.15, -0.1) is 0 Å². The lowest BCUT2D eigenvalue weighted by atomic mass is 9.91. The average Bonchev–Trinajstić information content (AvgIpc) is 3.47. The van der Waals surface area contributed by atoms with Gasteiger partial charge in [-0.2, -0.15) is 0 Å². The largest absolute Gasteiger partial charge is 0.492 e. The Labute approximate surface area is 184 Å². The Morgan fingerprint density at radius 1 is 1.16 bits per heavy atom. The van der Waals surface area contributed by atoms with Crippen LogP contribution < -0.4 is 29.0 Å². The number of amides is 2. The molecule has 0 unspecified atom stereocenters. The molecule has 3 aliphatic rings. The third-order valence-electron chi connectivity index (χ3n) is 5.71. The number of benzene rings is 2. The number of rotatable bonds is 5. The van der Waals surface area contributed by atoms with E-state index in [0.29, 0.717) is 47.3 Å². The summed E-state index contributed by atoms with van der Waals surface area (Å²) in [4.78, 5) is 27.0. The van der Waals surface area contributed by atoms with Gasteiger partial charge in [0.25, 0.3) is 5.91 Å². The summed E-state index contributed by atoms with van der Waals surface area (Å²) in [7, 11) is 3.25. The molecule has 0 aromatic heterocycles. The first kappa shape index (κ1) is 20.0. The van der Waals surface area contributed by atoms with Crippen molar-refractivity contribution in [1.29, 1.82) is 0 Å². The summed E-state index contributed by atoms with van der Waals surface area (Å²) >= 11 is 0. The van der Waals surface area contributed by atoms with Crippen molar-refractivity contribution >= 4 is 17.9 Å².